The van der Waals surface area contributed by atoms with Crippen molar-refractivity contribution < 1.29 is 9.53 Å². The second-order valence-electron chi connectivity index (χ2n) is 6.39. The maximum atomic E-state index is 13.0. The average Bonchev–Trinajstić information content (AvgIpc) is 3.14. The average molecular weight is 357 g/mol. The van der Waals surface area contributed by atoms with Crippen LogP contribution in [0.5, 0.6) is 0 Å². The lowest BCUT2D eigenvalue weighted by Crippen LogP contribution is -2.43. The van der Waals surface area contributed by atoms with E-state index in [1.54, 1.807) is 4.90 Å². The van der Waals surface area contributed by atoms with Crippen molar-refractivity contribution in [3.63, 3.8) is 0 Å². The summed E-state index contributed by atoms with van der Waals surface area (Å²) in [4.78, 5) is 42.0. The van der Waals surface area contributed by atoms with Gasteiger partial charge in [0.15, 0.2) is 0 Å². The normalized spacial score (nSPS) is 16.6. The number of hydrogen-bond donors (Lipinski definition) is 1. The molecule has 7 heteroatoms. The predicted molar refractivity (Wildman–Crippen MR) is 98.8 cm³/mol. The Morgan fingerprint density at radius 3 is 2.77 bits per heavy atom. The van der Waals surface area contributed by atoms with Crippen LogP contribution in [-0.4, -0.2) is 34.7 Å². The van der Waals surface area contributed by atoms with Gasteiger partial charge in [-0.1, -0.05) is 18.2 Å². The first kappa shape index (κ1) is 18.1. The van der Waals surface area contributed by atoms with E-state index in [9.17, 15) is 14.4 Å². The predicted octanol–water partition coefficient (Wildman–Crippen LogP) is 1.69. The number of anilines is 1. The number of aryl methyl sites for hydroxylation is 1. The number of hydrogen-bond acceptors (Lipinski definition) is 4. The monoisotopic (exact) mass is 357 g/mol. The van der Waals surface area contributed by atoms with Crippen molar-refractivity contribution in [1.29, 1.82) is 0 Å². The molecule has 26 heavy (non-hydrogen) atoms. The molecule has 1 saturated heterocycles. The number of nitrogens with one attached hydrogen (secondary N) is 1. The number of para-hydroxylation sites is 1. The first-order chi connectivity index (χ1) is 12.5. The largest absolute Gasteiger partial charge is 0.376 e. The first-order valence-electron chi connectivity index (χ1n) is 8.84. The van der Waals surface area contributed by atoms with E-state index in [0.29, 0.717) is 13.2 Å². The SMILES string of the molecule is CCN(C(=O)c1c[nH]c(=O)n(CC2CCCO2)c1=O)c1ccccc1C. The highest BCUT2D eigenvalue weighted by Gasteiger charge is 2.24. The van der Waals surface area contributed by atoms with E-state index in [2.05, 4.69) is 4.98 Å². The van der Waals surface area contributed by atoms with Gasteiger partial charge in [0.1, 0.15) is 5.56 Å². The van der Waals surface area contributed by atoms with Crippen molar-refractivity contribution in [3.05, 3.63) is 62.4 Å². The lowest BCUT2D eigenvalue weighted by molar-refractivity contribution is 0.0935. The van der Waals surface area contributed by atoms with Crippen LogP contribution in [0.15, 0.2) is 40.1 Å². The highest BCUT2D eigenvalue weighted by atomic mass is 16.5. The minimum atomic E-state index is -0.582. The Labute approximate surface area is 151 Å². The molecule has 1 fully saturated rings. The van der Waals surface area contributed by atoms with Gasteiger partial charge in [-0.05, 0) is 38.3 Å². The van der Waals surface area contributed by atoms with Gasteiger partial charge in [-0.25, -0.2) is 4.79 Å². The molecule has 1 aromatic heterocycles. The van der Waals surface area contributed by atoms with Crippen molar-refractivity contribution in [2.45, 2.75) is 39.3 Å². The number of aromatic amines is 1. The summed E-state index contributed by atoms with van der Waals surface area (Å²) in [5, 5.41) is 0. The van der Waals surface area contributed by atoms with Gasteiger partial charge in [0.2, 0.25) is 0 Å². The van der Waals surface area contributed by atoms with Crippen LogP contribution >= 0.6 is 0 Å². The van der Waals surface area contributed by atoms with Crippen molar-refractivity contribution >= 4 is 11.6 Å². The first-order valence-corrected chi connectivity index (χ1v) is 8.84. The molecule has 2 heterocycles. The van der Waals surface area contributed by atoms with Crippen LogP contribution in [0.25, 0.3) is 0 Å². The molecule has 1 atom stereocenters. The third-order valence-electron chi connectivity index (χ3n) is 4.67. The fourth-order valence-corrected chi connectivity index (χ4v) is 3.26. The van der Waals surface area contributed by atoms with Crippen LogP contribution in [0.3, 0.4) is 0 Å². The molecule has 3 rings (SSSR count). The Bertz CT molecular complexity index is 909. The molecule has 0 spiro atoms. The summed E-state index contributed by atoms with van der Waals surface area (Å²) >= 11 is 0. The zero-order valence-corrected chi connectivity index (χ0v) is 15.0. The summed E-state index contributed by atoms with van der Waals surface area (Å²) in [5.74, 6) is -0.427. The second kappa shape index (κ2) is 7.70. The Hall–Kier alpha value is -2.67. The standard InChI is InChI=1S/C19H23N3O4/c1-3-21(16-9-5-4-7-13(16)2)17(23)15-11-20-19(25)22(18(15)24)12-14-8-6-10-26-14/h4-5,7,9,11,14H,3,6,8,10,12H2,1-2H3,(H,20,25). The van der Waals surface area contributed by atoms with Crippen LogP contribution in [0.1, 0.15) is 35.7 Å². The van der Waals surface area contributed by atoms with Crippen molar-refractivity contribution in [1.82, 2.24) is 9.55 Å². The summed E-state index contributed by atoms with van der Waals surface area (Å²) in [6, 6.07) is 7.49. The Kier molecular flexibility index (Phi) is 5.37. The van der Waals surface area contributed by atoms with Gasteiger partial charge < -0.3 is 14.6 Å². The molecular weight excluding hydrogens is 334 g/mol. The maximum Gasteiger partial charge on any atom is 0.328 e. The van der Waals surface area contributed by atoms with Gasteiger partial charge in [-0.3, -0.25) is 14.2 Å². The topological polar surface area (TPSA) is 84.4 Å². The number of rotatable bonds is 5. The molecule has 1 aliphatic heterocycles. The number of nitrogens with zero attached hydrogens (tertiary/aromatic N) is 2. The fraction of sp³-hybridized carbons (Fsp3) is 0.421. The van der Waals surface area contributed by atoms with Crippen LogP contribution in [0.4, 0.5) is 5.69 Å². The summed E-state index contributed by atoms with van der Waals surface area (Å²) < 4.78 is 6.58. The number of amides is 1. The third kappa shape index (κ3) is 3.48. The molecule has 138 valence electrons. The van der Waals surface area contributed by atoms with Gasteiger partial charge in [-0.15, -0.1) is 0 Å². The molecule has 2 aromatic rings. The lowest BCUT2D eigenvalue weighted by Gasteiger charge is -2.23. The second-order valence-corrected chi connectivity index (χ2v) is 6.39. The smallest absolute Gasteiger partial charge is 0.328 e. The molecule has 0 aliphatic carbocycles. The molecule has 1 N–H and O–H groups in total. The molecule has 0 saturated carbocycles. The van der Waals surface area contributed by atoms with Gasteiger partial charge in [0.05, 0.1) is 12.6 Å². The Balaban J connectivity index is 1.97. The van der Waals surface area contributed by atoms with E-state index in [1.807, 2.05) is 38.1 Å². The van der Waals surface area contributed by atoms with Crippen molar-refractivity contribution in [2.24, 2.45) is 0 Å². The molecule has 1 aliphatic rings. The number of H-pyrrole nitrogens is 1. The number of aromatic nitrogens is 2. The van der Waals surface area contributed by atoms with E-state index in [4.69, 9.17) is 4.74 Å². The van der Waals surface area contributed by atoms with Gasteiger partial charge in [-0.2, -0.15) is 0 Å². The van der Waals surface area contributed by atoms with Crippen LogP contribution < -0.4 is 16.1 Å². The van der Waals surface area contributed by atoms with Crippen molar-refractivity contribution in [3.8, 4) is 0 Å². The van der Waals surface area contributed by atoms with Crippen LogP contribution in [0.2, 0.25) is 0 Å². The minimum absolute atomic E-state index is 0.0484. The molecule has 1 aromatic carbocycles. The third-order valence-corrected chi connectivity index (χ3v) is 4.67. The maximum absolute atomic E-state index is 13.0. The van der Waals surface area contributed by atoms with E-state index in [0.717, 1.165) is 28.7 Å². The fourth-order valence-electron chi connectivity index (χ4n) is 3.26. The van der Waals surface area contributed by atoms with Gasteiger partial charge >= 0.3 is 5.69 Å². The number of ether oxygens (including phenoxy) is 1. The highest BCUT2D eigenvalue weighted by Crippen LogP contribution is 2.20. The van der Waals surface area contributed by atoms with Gasteiger partial charge in [0.25, 0.3) is 11.5 Å². The molecule has 1 unspecified atom stereocenters. The van der Waals surface area contributed by atoms with Crippen LogP contribution in [0, 0.1) is 6.92 Å². The quantitative estimate of drug-likeness (QED) is 0.882. The highest BCUT2D eigenvalue weighted by molar-refractivity contribution is 6.06. The van der Waals surface area contributed by atoms with E-state index < -0.39 is 17.2 Å². The summed E-state index contributed by atoms with van der Waals surface area (Å²) in [6.45, 7) is 4.96. The molecule has 1 amide bonds. The van der Waals surface area contributed by atoms with Gasteiger partial charge in [0, 0.05) is 25.0 Å². The number of benzene rings is 1. The Morgan fingerprint density at radius 1 is 1.35 bits per heavy atom. The zero-order chi connectivity index (χ0) is 18.7. The summed E-state index contributed by atoms with van der Waals surface area (Å²) in [5.41, 5.74) is 0.526. The van der Waals surface area contributed by atoms with E-state index >= 15 is 0 Å². The molecule has 7 nitrogen and oxygen atoms in total. The number of carbonyl (C=O) groups excluding carboxylic acids is 1. The lowest BCUT2D eigenvalue weighted by atomic mass is 10.1. The Morgan fingerprint density at radius 2 is 2.12 bits per heavy atom. The molecule has 0 bridgehead atoms. The summed E-state index contributed by atoms with van der Waals surface area (Å²) in [7, 11) is 0. The summed E-state index contributed by atoms with van der Waals surface area (Å²) in [6.07, 6.45) is 2.75. The van der Waals surface area contributed by atoms with Crippen LogP contribution in [-0.2, 0) is 11.3 Å². The van der Waals surface area contributed by atoms with E-state index in [1.165, 1.54) is 6.20 Å². The zero-order valence-electron chi connectivity index (χ0n) is 15.0. The number of carbonyl (C=O) groups is 1. The molecule has 0 radical (unpaired) electrons. The van der Waals surface area contributed by atoms with E-state index in [-0.39, 0.29) is 18.2 Å². The molecular formula is C19H23N3O4. The minimum Gasteiger partial charge on any atom is -0.376 e. The van der Waals surface area contributed by atoms with Crippen molar-refractivity contribution in [2.75, 3.05) is 18.1 Å².